The molecule has 2 amide bonds. The first-order valence-electron chi connectivity index (χ1n) is 10.1. The van der Waals surface area contributed by atoms with E-state index in [1.165, 1.54) is 18.4 Å². The van der Waals surface area contributed by atoms with E-state index in [2.05, 4.69) is 27.7 Å². The quantitative estimate of drug-likeness (QED) is 0.821. The average Bonchev–Trinajstić information content (AvgIpc) is 2.68. The lowest BCUT2D eigenvalue weighted by atomic mass is 9.91. The highest BCUT2D eigenvalue weighted by Crippen LogP contribution is 2.23. The van der Waals surface area contributed by atoms with E-state index in [9.17, 15) is 9.59 Å². The largest absolute Gasteiger partial charge is 0.353 e. The molecular weight excluding hydrogens is 340 g/mol. The molecule has 1 aromatic carbocycles. The molecule has 0 aliphatic carbocycles. The van der Waals surface area contributed by atoms with Gasteiger partial charge in [-0.25, -0.2) is 0 Å². The molecule has 3 rings (SSSR count). The summed E-state index contributed by atoms with van der Waals surface area (Å²) in [6.45, 7) is 9.29. The van der Waals surface area contributed by atoms with Crippen LogP contribution in [0.4, 0.5) is 0 Å². The minimum atomic E-state index is 0.0533. The Morgan fingerprint density at radius 1 is 1.15 bits per heavy atom. The Bertz CT molecular complexity index is 630. The summed E-state index contributed by atoms with van der Waals surface area (Å²) in [6.07, 6.45) is 2.43. The van der Waals surface area contributed by atoms with E-state index in [0.717, 1.165) is 31.7 Å². The molecule has 0 bridgehead atoms. The number of carbonyl (C=O) groups excluding carboxylic acids is 2. The fourth-order valence-corrected chi connectivity index (χ4v) is 3.90. The summed E-state index contributed by atoms with van der Waals surface area (Å²) in [7, 11) is 0. The lowest BCUT2D eigenvalue weighted by Crippen LogP contribution is -2.51. The maximum absolute atomic E-state index is 12.8. The van der Waals surface area contributed by atoms with E-state index in [1.54, 1.807) is 0 Å². The van der Waals surface area contributed by atoms with Gasteiger partial charge < -0.3 is 15.5 Å². The number of nitrogens with zero attached hydrogens (tertiary/aromatic N) is 2. The third-order valence-electron chi connectivity index (χ3n) is 5.40. The average molecular weight is 373 g/mol. The Labute approximate surface area is 162 Å². The Kier molecular flexibility index (Phi) is 6.85. The van der Waals surface area contributed by atoms with E-state index >= 15 is 0 Å². The summed E-state index contributed by atoms with van der Waals surface area (Å²) in [5.41, 5.74) is 2.08. The zero-order valence-corrected chi connectivity index (χ0v) is 16.5. The number of piperazine rings is 1. The van der Waals surface area contributed by atoms with Crippen molar-refractivity contribution in [3.8, 4) is 0 Å². The summed E-state index contributed by atoms with van der Waals surface area (Å²) in [5, 5.41) is 6.36. The molecule has 6 nitrogen and oxygen atoms in total. The van der Waals surface area contributed by atoms with Gasteiger partial charge in [-0.05, 0) is 56.8 Å². The lowest BCUT2D eigenvalue weighted by Gasteiger charge is -2.34. The second-order valence-electron chi connectivity index (χ2n) is 7.96. The first-order chi connectivity index (χ1) is 13.0. The van der Waals surface area contributed by atoms with Gasteiger partial charge in [-0.2, -0.15) is 0 Å². The second-order valence-corrected chi connectivity index (χ2v) is 7.96. The predicted octanol–water partition coefficient (Wildman–Crippen LogP) is 1.44. The molecular formula is C21H32N4O2. The van der Waals surface area contributed by atoms with Crippen molar-refractivity contribution in [2.75, 3.05) is 45.8 Å². The van der Waals surface area contributed by atoms with E-state index in [0.29, 0.717) is 25.6 Å². The molecule has 2 aliphatic rings. The minimum Gasteiger partial charge on any atom is -0.353 e. The molecule has 0 aromatic heterocycles. The maximum Gasteiger partial charge on any atom is 0.253 e. The van der Waals surface area contributed by atoms with Crippen molar-refractivity contribution in [1.29, 1.82) is 0 Å². The van der Waals surface area contributed by atoms with Crippen LogP contribution in [0.1, 0.15) is 48.5 Å². The molecule has 2 fully saturated rings. The van der Waals surface area contributed by atoms with Crippen LogP contribution in [0.15, 0.2) is 24.3 Å². The molecule has 0 spiro atoms. The van der Waals surface area contributed by atoms with Crippen molar-refractivity contribution >= 4 is 11.8 Å². The van der Waals surface area contributed by atoms with Gasteiger partial charge in [0.2, 0.25) is 5.91 Å². The van der Waals surface area contributed by atoms with Gasteiger partial charge in [0, 0.05) is 44.3 Å². The number of hydrogen-bond donors (Lipinski definition) is 2. The second kappa shape index (κ2) is 9.33. The molecule has 2 N–H and O–H groups in total. The third kappa shape index (κ3) is 5.53. The van der Waals surface area contributed by atoms with Crippen LogP contribution in [-0.4, -0.2) is 73.5 Å². The predicted molar refractivity (Wildman–Crippen MR) is 107 cm³/mol. The van der Waals surface area contributed by atoms with Gasteiger partial charge in [0.1, 0.15) is 0 Å². The van der Waals surface area contributed by atoms with Gasteiger partial charge in [-0.1, -0.05) is 12.1 Å². The van der Waals surface area contributed by atoms with Gasteiger partial charge in [0.25, 0.3) is 5.91 Å². The Morgan fingerprint density at radius 3 is 2.44 bits per heavy atom. The monoisotopic (exact) mass is 372 g/mol. The summed E-state index contributed by atoms with van der Waals surface area (Å²) in [4.78, 5) is 28.7. The van der Waals surface area contributed by atoms with Crippen LogP contribution in [-0.2, 0) is 4.79 Å². The van der Waals surface area contributed by atoms with Crippen molar-refractivity contribution in [3.05, 3.63) is 35.4 Å². The van der Waals surface area contributed by atoms with Gasteiger partial charge in [0.15, 0.2) is 0 Å². The number of carbonyl (C=O) groups is 2. The topological polar surface area (TPSA) is 64.7 Å². The molecule has 0 radical (unpaired) electrons. The molecule has 0 saturated carbocycles. The number of rotatable bonds is 5. The molecule has 27 heavy (non-hydrogen) atoms. The SMILES string of the molecule is CC(C)NC(=O)CN1CCN(C(=O)c2ccc(C3CCCNC3)cc2)CC1. The van der Waals surface area contributed by atoms with Crippen LogP contribution < -0.4 is 10.6 Å². The van der Waals surface area contributed by atoms with Crippen molar-refractivity contribution in [3.63, 3.8) is 0 Å². The van der Waals surface area contributed by atoms with Crippen molar-refractivity contribution in [1.82, 2.24) is 20.4 Å². The molecule has 148 valence electrons. The highest BCUT2D eigenvalue weighted by atomic mass is 16.2. The highest BCUT2D eigenvalue weighted by Gasteiger charge is 2.24. The Morgan fingerprint density at radius 2 is 1.85 bits per heavy atom. The number of piperidine rings is 1. The Balaban J connectivity index is 1.49. The van der Waals surface area contributed by atoms with Crippen molar-refractivity contribution in [2.24, 2.45) is 0 Å². The minimum absolute atomic E-state index is 0.0533. The smallest absolute Gasteiger partial charge is 0.253 e. The van der Waals surface area contributed by atoms with Gasteiger partial charge in [0.05, 0.1) is 6.54 Å². The van der Waals surface area contributed by atoms with Gasteiger partial charge in [-0.15, -0.1) is 0 Å². The zero-order valence-electron chi connectivity index (χ0n) is 16.5. The zero-order chi connectivity index (χ0) is 19.2. The molecule has 6 heteroatoms. The van der Waals surface area contributed by atoms with Crippen LogP contribution >= 0.6 is 0 Å². The van der Waals surface area contributed by atoms with Crippen molar-refractivity contribution in [2.45, 2.75) is 38.6 Å². The summed E-state index contributed by atoms with van der Waals surface area (Å²) < 4.78 is 0. The summed E-state index contributed by atoms with van der Waals surface area (Å²) in [6, 6.07) is 8.31. The standard InChI is InChI=1S/C21H32N4O2/c1-16(2)23-20(26)15-24-10-12-25(13-11-24)21(27)18-7-5-17(6-8-18)19-4-3-9-22-14-19/h5-8,16,19,22H,3-4,9-15H2,1-2H3,(H,23,26). The first-order valence-corrected chi connectivity index (χ1v) is 10.1. The van der Waals surface area contributed by atoms with E-state index in [1.807, 2.05) is 30.9 Å². The van der Waals surface area contributed by atoms with Crippen LogP contribution in [0.5, 0.6) is 0 Å². The fourth-order valence-electron chi connectivity index (χ4n) is 3.90. The van der Waals surface area contributed by atoms with E-state index in [-0.39, 0.29) is 17.9 Å². The molecule has 1 atom stereocenters. The summed E-state index contributed by atoms with van der Waals surface area (Å²) >= 11 is 0. The van der Waals surface area contributed by atoms with Crippen LogP contribution in [0, 0.1) is 0 Å². The summed E-state index contributed by atoms with van der Waals surface area (Å²) in [5.74, 6) is 0.704. The Hall–Kier alpha value is -1.92. The van der Waals surface area contributed by atoms with Crippen LogP contribution in [0.2, 0.25) is 0 Å². The number of amides is 2. The molecule has 2 saturated heterocycles. The van der Waals surface area contributed by atoms with Crippen LogP contribution in [0.3, 0.4) is 0 Å². The fraction of sp³-hybridized carbons (Fsp3) is 0.619. The lowest BCUT2D eigenvalue weighted by molar-refractivity contribution is -0.123. The molecule has 2 heterocycles. The maximum atomic E-state index is 12.8. The third-order valence-corrected chi connectivity index (χ3v) is 5.40. The van der Waals surface area contributed by atoms with Gasteiger partial charge in [-0.3, -0.25) is 14.5 Å². The number of nitrogens with one attached hydrogen (secondary N) is 2. The van der Waals surface area contributed by atoms with Crippen molar-refractivity contribution < 1.29 is 9.59 Å². The molecule has 2 aliphatic heterocycles. The number of benzene rings is 1. The molecule has 1 aromatic rings. The normalized spacial score (nSPS) is 21.3. The van der Waals surface area contributed by atoms with E-state index in [4.69, 9.17) is 0 Å². The van der Waals surface area contributed by atoms with E-state index < -0.39 is 0 Å². The van der Waals surface area contributed by atoms with Gasteiger partial charge >= 0.3 is 0 Å². The molecule has 1 unspecified atom stereocenters. The highest BCUT2D eigenvalue weighted by molar-refractivity contribution is 5.94. The number of hydrogen-bond acceptors (Lipinski definition) is 4. The van der Waals surface area contributed by atoms with Crippen LogP contribution in [0.25, 0.3) is 0 Å². The first kappa shape index (κ1) is 19.8.